The normalized spacial score (nSPS) is 32.5. The maximum absolute atomic E-state index is 11.0. The Hall–Kier alpha value is -0.180. The molecule has 2 saturated heterocycles. The highest BCUT2D eigenvalue weighted by molar-refractivity contribution is 7.87. The average Bonchev–Trinajstić information content (AvgIpc) is 2.15. The van der Waals surface area contributed by atoms with Crippen LogP contribution in [0, 0.1) is 5.41 Å². The molecule has 88 valence electrons. The molecule has 15 heavy (non-hydrogen) atoms. The number of hydrogen-bond donors (Lipinski definition) is 0. The zero-order valence-electron chi connectivity index (χ0n) is 8.01. The van der Waals surface area contributed by atoms with Crippen molar-refractivity contribution in [1.82, 2.24) is 0 Å². The minimum Gasteiger partial charge on any atom is -0.269 e. The van der Waals surface area contributed by atoms with Crippen LogP contribution in [0.2, 0.25) is 0 Å². The van der Waals surface area contributed by atoms with Crippen LogP contribution >= 0.6 is 0 Å². The van der Waals surface area contributed by atoms with Crippen molar-refractivity contribution in [3.8, 4) is 0 Å². The molecule has 0 amide bonds. The maximum Gasteiger partial charge on any atom is 0.267 e. The predicted molar refractivity (Wildman–Crippen MR) is 51.1 cm³/mol. The van der Waals surface area contributed by atoms with E-state index in [1.165, 1.54) is 0 Å². The van der Waals surface area contributed by atoms with Gasteiger partial charge in [-0.15, -0.1) is 0 Å². The third-order valence-electron chi connectivity index (χ3n) is 2.85. The van der Waals surface area contributed by atoms with Crippen LogP contribution in [0.1, 0.15) is 12.8 Å². The van der Waals surface area contributed by atoms with Gasteiger partial charge in [-0.3, -0.25) is 8.37 Å². The van der Waals surface area contributed by atoms with Crippen molar-refractivity contribution in [3.63, 3.8) is 0 Å². The summed E-state index contributed by atoms with van der Waals surface area (Å²) in [6, 6.07) is 0. The lowest BCUT2D eigenvalue weighted by Crippen LogP contribution is -2.45. The van der Waals surface area contributed by atoms with Gasteiger partial charge in [-0.1, -0.05) is 0 Å². The second kappa shape index (κ2) is 3.41. The Kier molecular flexibility index (Phi) is 2.57. The van der Waals surface area contributed by atoms with Gasteiger partial charge in [0.1, 0.15) is 0 Å². The molecule has 0 saturated carbocycles. The van der Waals surface area contributed by atoms with Gasteiger partial charge >= 0.3 is 0 Å². The molecule has 0 bridgehead atoms. The van der Waals surface area contributed by atoms with E-state index in [0.717, 1.165) is 0 Å². The molecule has 0 aromatic heterocycles. The fraction of sp³-hybridized carbons (Fsp3) is 1.00. The highest BCUT2D eigenvalue weighted by atomic mass is 32.2. The topological polar surface area (TPSA) is 86.7 Å². The van der Waals surface area contributed by atoms with Crippen LogP contribution < -0.4 is 0 Å². The molecule has 1 spiro atoms. The van der Waals surface area contributed by atoms with Crippen molar-refractivity contribution in [2.24, 2.45) is 5.41 Å². The lowest BCUT2D eigenvalue weighted by molar-refractivity contribution is 0.0519. The van der Waals surface area contributed by atoms with Crippen molar-refractivity contribution in [1.29, 1.82) is 0 Å². The van der Waals surface area contributed by atoms with Gasteiger partial charge < -0.3 is 0 Å². The molecule has 2 aliphatic rings. The molecule has 0 aromatic rings. The standard InChI is InChI=1S/C7H12O6S2/c8-14(9)3-1-7(5-12-14)2-4-15(10,11)13-6-7/h1-6H2. The molecule has 0 radical (unpaired) electrons. The van der Waals surface area contributed by atoms with E-state index in [-0.39, 0.29) is 24.7 Å². The van der Waals surface area contributed by atoms with E-state index in [9.17, 15) is 16.8 Å². The molecule has 0 N–H and O–H groups in total. The van der Waals surface area contributed by atoms with Gasteiger partial charge in [0.15, 0.2) is 0 Å². The summed E-state index contributed by atoms with van der Waals surface area (Å²) >= 11 is 0. The molecule has 2 aliphatic heterocycles. The lowest BCUT2D eigenvalue weighted by Gasteiger charge is -2.38. The Labute approximate surface area is 88.8 Å². The van der Waals surface area contributed by atoms with E-state index in [2.05, 4.69) is 0 Å². The Morgan fingerprint density at radius 3 is 1.47 bits per heavy atom. The average molecular weight is 256 g/mol. The maximum atomic E-state index is 11.0. The van der Waals surface area contributed by atoms with Crippen LogP contribution in [0.3, 0.4) is 0 Å². The molecule has 6 nitrogen and oxygen atoms in total. The van der Waals surface area contributed by atoms with Crippen LogP contribution in [0.25, 0.3) is 0 Å². The van der Waals surface area contributed by atoms with Gasteiger partial charge in [0.05, 0.1) is 24.7 Å². The van der Waals surface area contributed by atoms with Gasteiger partial charge in [0.25, 0.3) is 20.2 Å². The summed E-state index contributed by atoms with van der Waals surface area (Å²) < 4.78 is 53.5. The van der Waals surface area contributed by atoms with Crippen LogP contribution in [0.15, 0.2) is 0 Å². The summed E-state index contributed by atoms with van der Waals surface area (Å²) in [4.78, 5) is 0. The quantitative estimate of drug-likeness (QED) is 0.542. The Balaban J connectivity index is 2.07. The summed E-state index contributed by atoms with van der Waals surface area (Å²) in [7, 11) is -6.78. The first-order chi connectivity index (χ1) is 6.83. The second-order valence-corrected chi connectivity index (χ2v) is 7.57. The summed E-state index contributed by atoms with van der Waals surface area (Å²) in [6.45, 7) is 0.0652. The van der Waals surface area contributed by atoms with E-state index in [4.69, 9.17) is 8.37 Å². The largest absolute Gasteiger partial charge is 0.269 e. The zero-order chi connectivity index (χ0) is 11.2. The molecule has 2 rings (SSSR count). The molecule has 0 unspecified atom stereocenters. The van der Waals surface area contributed by atoms with Gasteiger partial charge in [-0.2, -0.15) is 16.8 Å². The van der Waals surface area contributed by atoms with Crippen LogP contribution in [0.5, 0.6) is 0 Å². The van der Waals surface area contributed by atoms with Crippen LogP contribution in [0.4, 0.5) is 0 Å². The molecule has 2 fully saturated rings. The SMILES string of the molecule is O=S1(=O)CCC2(CCS(=O)(=O)OC2)CO1. The first-order valence-corrected chi connectivity index (χ1v) is 7.72. The van der Waals surface area contributed by atoms with Gasteiger partial charge in [-0.05, 0) is 12.8 Å². The lowest BCUT2D eigenvalue weighted by atomic mass is 9.84. The van der Waals surface area contributed by atoms with E-state index >= 15 is 0 Å². The molecular formula is C7H12O6S2. The molecule has 0 aliphatic carbocycles. The number of rotatable bonds is 0. The summed E-state index contributed by atoms with van der Waals surface area (Å²) in [6.07, 6.45) is 0.815. The third kappa shape index (κ3) is 2.49. The predicted octanol–water partition coefficient (Wildman–Crippen LogP) is -0.527. The monoisotopic (exact) mass is 256 g/mol. The fourth-order valence-electron chi connectivity index (χ4n) is 1.69. The Morgan fingerprint density at radius 1 is 0.800 bits per heavy atom. The van der Waals surface area contributed by atoms with E-state index in [0.29, 0.717) is 12.8 Å². The van der Waals surface area contributed by atoms with Crippen molar-refractivity contribution in [3.05, 3.63) is 0 Å². The molecule has 8 heteroatoms. The highest BCUT2D eigenvalue weighted by Gasteiger charge is 2.43. The minimum atomic E-state index is -3.39. The van der Waals surface area contributed by atoms with E-state index in [1.807, 2.05) is 0 Å². The van der Waals surface area contributed by atoms with Gasteiger partial charge in [-0.25, -0.2) is 0 Å². The molecule has 0 aromatic carbocycles. The zero-order valence-corrected chi connectivity index (χ0v) is 9.64. The summed E-state index contributed by atoms with van der Waals surface area (Å²) in [5.41, 5.74) is -0.434. The Morgan fingerprint density at radius 2 is 1.20 bits per heavy atom. The smallest absolute Gasteiger partial charge is 0.267 e. The van der Waals surface area contributed by atoms with E-state index < -0.39 is 25.7 Å². The van der Waals surface area contributed by atoms with Crippen LogP contribution in [-0.4, -0.2) is 41.6 Å². The van der Waals surface area contributed by atoms with Crippen molar-refractivity contribution < 1.29 is 25.2 Å². The third-order valence-corrected chi connectivity index (χ3v) is 5.22. The van der Waals surface area contributed by atoms with Crippen LogP contribution in [-0.2, 0) is 28.6 Å². The van der Waals surface area contributed by atoms with Crippen molar-refractivity contribution >= 4 is 20.2 Å². The van der Waals surface area contributed by atoms with Gasteiger partial charge in [0, 0.05) is 5.41 Å². The summed E-state index contributed by atoms with van der Waals surface area (Å²) in [5, 5.41) is 0. The van der Waals surface area contributed by atoms with Crippen molar-refractivity contribution in [2.45, 2.75) is 12.8 Å². The highest BCUT2D eigenvalue weighted by Crippen LogP contribution is 2.36. The number of hydrogen-bond acceptors (Lipinski definition) is 6. The molecule has 2 heterocycles. The molecule has 0 atom stereocenters. The minimum absolute atomic E-state index is 0.0326. The first kappa shape index (κ1) is 11.3. The fourth-order valence-corrected chi connectivity index (χ4v) is 4.15. The summed E-state index contributed by atoms with van der Waals surface area (Å²) in [5.74, 6) is -0.118. The second-order valence-electron chi connectivity index (χ2n) is 4.05. The van der Waals surface area contributed by atoms with Gasteiger partial charge in [0.2, 0.25) is 0 Å². The first-order valence-electron chi connectivity index (χ1n) is 4.57. The Bertz CT molecular complexity index is 372. The van der Waals surface area contributed by atoms with E-state index in [1.54, 1.807) is 0 Å². The van der Waals surface area contributed by atoms with Crippen molar-refractivity contribution in [2.75, 3.05) is 24.7 Å². The molecular weight excluding hydrogens is 244 g/mol.